The zero-order valence-electron chi connectivity index (χ0n) is 10.9. The summed E-state index contributed by atoms with van der Waals surface area (Å²) in [7, 11) is -3.57. The van der Waals surface area contributed by atoms with Crippen LogP contribution >= 0.6 is 11.6 Å². The molecule has 2 rings (SSSR count). The highest BCUT2D eigenvalue weighted by atomic mass is 35.5. The molecular weight excluding hydrogens is 284 g/mol. The molecule has 19 heavy (non-hydrogen) atoms. The first-order valence-electron chi connectivity index (χ1n) is 6.46. The zero-order valence-corrected chi connectivity index (χ0v) is 12.5. The van der Waals surface area contributed by atoms with Gasteiger partial charge < -0.3 is 5.73 Å². The predicted octanol–water partition coefficient (Wildman–Crippen LogP) is 2.78. The summed E-state index contributed by atoms with van der Waals surface area (Å²) >= 11 is 5.96. The first-order valence-corrected chi connectivity index (χ1v) is 8.32. The zero-order chi connectivity index (χ0) is 14.0. The molecule has 6 heteroatoms. The van der Waals surface area contributed by atoms with Gasteiger partial charge in [-0.05, 0) is 37.0 Å². The Balaban J connectivity index is 2.18. The van der Waals surface area contributed by atoms with E-state index >= 15 is 0 Å². The van der Waals surface area contributed by atoms with Gasteiger partial charge >= 0.3 is 0 Å². The lowest BCUT2D eigenvalue weighted by molar-refractivity contribution is 0.327. The standard InChI is InChI=1S/C13H19ClN2O2S/c1-9-3-2-4-11(7-9)16-19(17,18)13-6-5-10(15)8-12(13)14/h5-6,8-9,11,16H,2-4,7,15H2,1H3. The van der Waals surface area contributed by atoms with E-state index in [1.165, 1.54) is 18.6 Å². The Morgan fingerprint density at radius 1 is 1.37 bits per heavy atom. The second-order valence-corrected chi connectivity index (χ2v) is 7.37. The summed E-state index contributed by atoms with van der Waals surface area (Å²) in [4.78, 5) is 0.0987. The van der Waals surface area contributed by atoms with Crippen molar-refractivity contribution < 1.29 is 8.42 Å². The number of halogens is 1. The third-order valence-electron chi connectivity index (χ3n) is 3.50. The van der Waals surface area contributed by atoms with Crippen LogP contribution in [0.2, 0.25) is 5.02 Å². The van der Waals surface area contributed by atoms with E-state index in [-0.39, 0.29) is 16.0 Å². The number of rotatable bonds is 3. The topological polar surface area (TPSA) is 72.2 Å². The third kappa shape index (κ3) is 3.61. The fourth-order valence-corrected chi connectivity index (χ4v) is 4.40. The van der Waals surface area contributed by atoms with Crippen LogP contribution in [0.1, 0.15) is 32.6 Å². The predicted molar refractivity (Wildman–Crippen MR) is 77.6 cm³/mol. The summed E-state index contributed by atoms with van der Waals surface area (Å²) in [5.74, 6) is 0.559. The summed E-state index contributed by atoms with van der Waals surface area (Å²) in [6.07, 6.45) is 3.99. The van der Waals surface area contributed by atoms with Crippen LogP contribution in [0.5, 0.6) is 0 Å². The van der Waals surface area contributed by atoms with Gasteiger partial charge in [-0.2, -0.15) is 0 Å². The van der Waals surface area contributed by atoms with E-state index in [9.17, 15) is 8.42 Å². The van der Waals surface area contributed by atoms with Crippen molar-refractivity contribution in [1.29, 1.82) is 0 Å². The number of hydrogen-bond donors (Lipinski definition) is 2. The molecule has 0 amide bonds. The van der Waals surface area contributed by atoms with Crippen molar-refractivity contribution in [3.63, 3.8) is 0 Å². The Hall–Kier alpha value is -0.780. The van der Waals surface area contributed by atoms with Crippen LogP contribution in [-0.2, 0) is 10.0 Å². The molecule has 1 aliphatic carbocycles. The Morgan fingerprint density at radius 2 is 2.11 bits per heavy atom. The number of hydrogen-bond acceptors (Lipinski definition) is 3. The van der Waals surface area contributed by atoms with Gasteiger partial charge in [0.1, 0.15) is 4.90 Å². The number of nitrogens with two attached hydrogens (primary N) is 1. The van der Waals surface area contributed by atoms with Gasteiger partial charge in [-0.1, -0.05) is 31.4 Å². The number of benzene rings is 1. The van der Waals surface area contributed by atoms with Crippen LogP contribution < -0.4 is 10.5 Å². The lowest BCUT2D eigenvalue weighted by atomic mass is 9.88. The summed E-state index contributed by atoms with van der Waals surface area (Å²) in [5.41, 5.74) is 6.03. The first kappa shape index (κ1) is 14.6. The van der Waals surface area contributed by atoms with Crippen LogP contribution in [0.4, 0.5) is 5.69 Å². The van der Waals surface area contributed by atoms with Gasteiger partial charge in [-0.15, -0.1) is 0 Å². The van der Waals surface area contributed by atoms with Gasteiger partial charge in [0.15, 0.2) is 0 Å². The van der Waals surface area contributed by atoms with Gasteiger partial charge in [0.25, 0.3) is 0 Å². The molecule has 2 atom stereocenters. The second kappa shape index (κ2) is 5.69. The number of sulfonamides is 1. The Labute approximate surface area is 119 Å². The first-order chi connectivity index (χ1) is 8.88. The molecule has 1 aromatic carbocycles. The largest absolute Gasteiger partial charge is 0.399 e. The summed E-state index contributed by atoms with van der Waals surface area (Å²) in [5, 5.41) is 0.163. The molecule has 0 aliphatic heterocycles. The minimum Gasteiger partial charge on any atom is -0.399 e. The van der Waals surface area contributed by atoms with Gasteiger partial charge in [-0.3, -0.25) is 0 Å². The fourth-order valence-electron chi connectivity index (χ4n) is 2.56. The molecule has 0 heterocycles. The highest BCUT2D eigenvalue weighted by molar-refractivity contribution is 7.89. The van der Waals surface area contributed by atoms with Crippen LogP contribution in [0.15, 0.2) is 23.1 Å². The fraction of sp³-hybridized carbons (Fsp3) is 0.538. The van der Waals surface area contributed by atoms with Crippen molar-refractivity contribution in [1.82, 2.24) is 4.72 Å². The number of anilines is 1. The molecule has 0 radical (unpaired) electrons. The van der Waals surface area contributed by atoms with Gasteiger partial charge in [0.05, 0.1) is 5.02 Å². The van der Waals surface area contributed by atoms with E-state index in [1.807, 2.05) is 0 Å². The third-order valence-corrected chi connectivity index (χ3v) is 5.51. The highest BCUT2D eigenvalue weighted by Crippen LogP contribution is 2.27. The van der Waals surface area contributed by atoms with Gasteiger partial charge in [0, 0.05) is 11.7 Å². The maximum Gasteiger partial charge on any atom is 0.242 e. The minimum absolute atomic E-state index is 0.00219. The van der Waals surface area contributed by atoms with Crippen molar-refractivity contribution >= 4 is 27.3 Å². The van der Waals surface area contributed by atoms with E-state index in [0.29, 0.717) is 11.6 Å². The molecule has 106 valence electrons. The van der Waals surface area contributed by atoms with Crippen molar-refractivity contribution in [3.8, 4) is 0 Å². The molecule has 1 aliphatic rings. The lowest BCUT2D eigenvalue weighted by Gasteiger charge is -2.27. The van der Waals surface area contributed by atoms with E-state index in [2.05, 4.69) is 11.6 Å². The summed E-state index contributed by atoms with van der Waals surface area (Å²) in [6, 6.07) is 4.46. The van der Waals surface area contributed by atoms with E-state index in [4.69, 9.17) is 17.3 Å². The Kier molecular flexibility index (Phi) is 4.38. The molecule has 4 nitrogen and oxygen atoms in total. The second-order valence-electron chi connectivity index (χ2n) is 5.28. The van der Waals surface area contributed by atoms with E-state index < -0.39 is 10.0 Å². The minimum atomic E-state index is -3.57. The number of nitrogen functional groups attached to an aromatic ring is 1. The highest BCUT2D eigenvalue weighted by Gasteiger charge is 2.25. The monoisotopic (exact) mass is 302 g/mol. The molecule has 0 spiro atoms. The average molecular weight is 303 g/mol. The molecular formula is C13H19ClN2O2S. The van der Waals surface area contributed by atoms with Crippen LogP contribution in [-0.4, -0.2) is 14.5 Å². The SMILES string of the molecule is CC1CCCC(NS(=O)(=O)c2ccc(N)cc2Cl)C1. The quantitative estimate of drug-likeness (QED) is 0.843. The molecule has 1 aromatic rings. The van der Waals surface area contributed by atoms with Crippen LogP contribution in [0, 0.1) is 5.92 Å². The molecule has 0 aromatic heterocycles. The van der Waals surface area contributed by atoms with Crippen molar-refractivity contribution in [2.75, 3.05) is 5.73 Å². The normalized spacial score (nSPS) is 24.3. The maximum absolute atomic E-state index is 12.3. The molecule has 0 bridgehead atoms. The molecule has 0 saturated heterocycles. The number of nitrogens with one attached hydrogen (secondary N) is 1. The molecule has 1 fully saturated rings. The lowest BCUT2D eigenvalue weighted by Crippen LogP contribution is -2.38. The molecule has 2 unspecified atom stereocenters. The van der Waals surface area contributed by atoms with E-state index in [0.717, 1.165) is 19.3 Å². The van der Waals surface area contributed by atoms with E-state index in [1.54, 1.807) is 6.07 Å². The van der Waals surface area contributed by atoms with Gasteiger partial charge in [-0.25, -0.2) is 13.1 Å². The van der Waals surface area contributed by atoms with Crippen molar-refractivity contribution in [2.24, 2.45) is 5.92 Å². The summed E-state index contributed by atoms with van der Waals surface area (Å²) in [6.45, 7) is 2.15. The molecule has 3 N–H and O–H groups in total. The summed E-state index contributed by atoms with van der Waals surface area (Å²) < 4.78 is 27.4. The smallest absolute Gasteiger partial charge is 0.242 e. The Morgan fingerprint density at radius 3 is 2.74 bits per heavy atom. The molecule has 1 saturated carbocycles. The van der Waals surface area contributed by atoms with Crippen molar-refractivity contribution in [3.05, 3.63) is 23.2 Å². The van der Waals surface area contributed by atoms with Crippen molar-refractivity contribution in [2.45, 2.75) is 43.5 Å². The Bertz CT molecular complexity index is 560. The van der Waals surface area contributed by atoms with Gasteiger partial charge in [0.2, 0.25) is 10.0 Å². The van der Waals surface area contributed by atoms with Crippen LogP contribution in [0.3, 0.4) is 0 Å². The maximum atomic E-state index is 12.3. The average Bonchev–Trinajstić information content (AvgIpc) is 2.27. The van der Waals surface area contributed by atoms with Crippen LogP contribution in [0.25, 0.3) is 0 Å².